The number of rotatable bonds is 6. The molecule has 0 aliphatic heterocycles. The van der Waals surface area contributed by atoms with Crippen LogP contribution >= 0.6 is 11.6 Å². The molecule has 7 heteroatoms. The van der Waals surface area contributed by atoms with Gasteiger partial charge in [-0.2, -0.15) is 0 Å². The molecule has 0 saturated carbocycles. The molecule has 0 atom stereocenters. The molecule has 0 amide bonds. The van der Waals surface area contributed by atoms with Crippen molar-refractivity contribution >= 4 is 17.3 Å². The van der Waals surface area contributed by atoms with E-state index < -0.39 is 4.92 Å². The number of alkyl halides is 1. The van der Waals surface area contributed by atoms with Crippen LogP contribution in [0.2, 0.25) is 0 Å². The van der Waals surface area contributed by atoms with Gasteiger partial charge in [0.2, 0.25) is 0 Å². The molecular weight excluding hydrogens is 296 g/mol. The Morgan fingerprint density at radius 1 is 1.33 bits per heavy atom. The average molecular weight is 309 g/mol. The van der Waals surface area contributed by atoms with E-state index in [1.54, 1.807) is 24.4 Å². The molecule has 6 nitrogen and oxygen atoms in total. The summed E-state index contributed by atoms with van der Waals surface area (Å²) < 4.78 is 10.7. The van der Waals surface area contributed by atoms with Crippen LogP contribution in [0.4, 0.5) is 5.69 Å². The zero-order valence-corrected chi connectivity index (χ0v) is 12.0. The fourth-order valence-electron chi connectivity index (χ4n) is 1.73. The molecule has 0 unspecified atom stereocenters. The van der Waals surface area contributed by atoms with Crippen LogP contribution in [-0.4, -0.2) is 17.0 Å². The standard InChI is InChI=1S/C14H13ClN2O4/c1-20-14-5-3-12(17(18)19)6-10(14)9-21-13-4-2-11(7-15)16-8-13/h2-6,8H,7,9H2,1H3. The number of methoxy groups -OCH3 is 1. The minimum Gasteiger partial charge on any atom is -0.496 e. The number of halogens is 1. The highest BCUT2D eigenvalue weighted by molar-refractivity contribution is 6.16. The number of hydrogen-bond donors (Lipinski definition) is 0. The number of hydrogen-bond acceptors (Lipinski definition) is 5. The Morgan fingerprint density at radius 2 is 2.14 bits per heavy atom. The van der Waals surface area contributed by atoms with Crippen molar-refractivity contribution in [1.82, 2.24) is 4.98 Å². The van der Waals surface area contributed by atoms with Gasteiger partial charge in [0, 0.05) is 17.7 Å². The van der Waals surface area contributed by atoms with Crippen molar-refractivity contribution in [2.24, 2.45) is 0 Å². The van der Waals surface area contributed by atoms with Crippen molar-refractivity contribution in [2.75, 3.05) is 7.11 Å². The van der Waals surface area contributed by atoms with Gasteiger partial charge in [0.1, 0.15) is 18.1 Å². The number of nitro benzene ring substituents is 1. The third-order valence-corrected chi connectivity index (χ3v) is 3.08. The molecular formula is C14H13ClN2O4. The third kappa shape index (κ3) is 3.82. The normalized spacial score (nSPS) is 10.2. The molecule has 21 heavy (non-hydrogen) atoms. The molecule has 0 spiro atoms. The van der Waals surface area contributed by atoms with Gasteiger partial charge in [-0.05, 0) is 18.2 Å². The van der Waals surface area contributed by atoms with Crippen molar-refractivity contribution in [3.05, 3.63) is 57.9 Å². The molecule has 2 rings (SSSR count). The number of pyridine rings is 1. The maximum Gasteiger partial charge on any atom is 0.270 e. The van der Waals surface area contributed by atoms with Gasteiger partial charge in [0.25, 0.3) is 5.69 Å². The molecule has 0 radical (unpaired) electrons. The fraction of sp³-hybridized carbons (Fsp3) is 0.214. The first-order chi connectivity index (χ1) is 10.1. The topological polar surface area (TPSA) is 74.5 Å². The Labute approximate surface area is 126 Å². The van der Waals surface area contributed by atoms with Crippen LogP contribution in [0.5, 0.6) is 11.5 Å². The van der Waals surface area contributed by atoms with Crippen LogP contribution in [0.3, 0.4) is 0 Å². The molecule has 1 aromatic carbocycles. The summed E-state index contributed by atoms with van der Waals surface area (Å²) in [6.07, 6.45) is 1.56. The van der Waals surface area contributed by atoms with Gasteiger partial charge >= 0.3 is 0 Å². The fourth-order valence-corrected chi connectivity index (χ4v) is 1.89. The zero-order valence-electron chi connectivity index (χ0n) is 11.3. The highest BCUT2D eigenvalue weighted by Crippen LogP contribution is 2.25. The van der Waals surface area contributed by atoms with E-state index in [0.717, 1.165) is 5.69 Å². The lowest BCUT2D eigenvalue weighted by Gasteiger charge is -2.10. The van der Waals surface area contributed by atoms with E-state index in [-0.39, 0.29) is 12.3 Å². The lowest BCUT2D eigenvalue weighted by molar-refractivity contribution is -0.385. The predicted molar refractivity (Wildman–Crippen MR) is 77.8 cm³/mol. The van der Waals surface area contributed by atoms with Gasteiger partial charge in [-0.25, -0.2) is 0 Å². The van der Waals surface area contributed by atoms with E-state index in [4.69, 9.17) is 21.1 Å². The van der Waals surface area contributed by atoms with Gasteiger partial charge in [-0.3, -0.25) is 15.1 Å². The van der Waals surface area contributed by atoms with E-state index >= 15 is 0 Å². The molecule has 0 fully saturated rings. The summed E-state index contributed by atoms with van der Waals surface area (Å²) in [7, 11) is 1.50. The van der Waals surface area contributed by atoms with Crippen LogP contribution in [0.25, 0.3) is 0 Å². The minimum atomic E-state index is -0.459. The Balaban J connectivity index is 2.13. The summed E-state index contributed by atoms with van der Waals surface area (Å²) in [5, 5.41) is 10.8. The number of benzene rings is 1. The third-order valence-electron chi connectivity index (χ3n) is 2.80. The first-order valence-electron chi connectivity index (χ1n) is 6.09. The van der Waals surface area contributed by atoms with Gasteiger partial charge in [0.15, 0.2) is 0 Å². The zero-order chi connectivity index (χ0) is 15.2. The summed E-state index contributed by atoms with van der Waals surface area (Å²) in [5.41, 5.74) is 1.33. The van der Waals surface area contributed by atoms with E-state index in [9.17, 15) is 10.1 Å². The summed E-state index contributed by atoms with van der Waals surface area (Å²) in [4.78, 5) is 14.4. The van der Waals surface area contributed by atoms with E-state index in [1.807, 2.05) is 0 Å². The number of aromatic nitrogens is 1. The van der Waals surface area contributed by atoms with Crippen molar-refractivity contribution in [2.45, 2.75) is 12.5 Å². The van der Waals surface area contributed by atoms with Crippen LogP contribution < -0.4 is 9.47 Å². The van der Waals surface area contributed by atoms with Gasteiger partial charge in [-0.1, -0.05) is 0 Å². The second kappa shape index (κ2) is 6.90. The number of nitro groups is 1. The van der Waals surface area contributed by atoms with Crippen LogP contribution in [0.1, 0.15) is 11.3 Å². The van der Waals surface area contributed by atoms with Gasteiger partial charge in [-0.15, -0.1) is 11.6 Å². The number of ether oxygens (including phenoxy) is 2. The lowest BCUT2D eigenvalue weighted by Crippen LogP contribution is -2.00. The molecule has 2 aromatic rings. The maximum atomic E-state index is 10.8. The maximum absolute atomic E-state index is 10.8. The average Bonchev–Trinajstić information content (AvgIpc) is 2.53. The summed E-state index contributed by atoms with van der Waals surface area (Å²) in [6, 6.07) is 7.87. The van der Waals surface area contributed by atoms with E-state index in [1.165, 1.54) is 19.2 Å². The van der Waals surface area contributed by atoms with Crippen LogP contribution in [-0.2, 0) is 12.5 Å². The van der Waals surface area contributed by atoms with E-state index in [0.29, 0.717) is 22.9 Å². The highest BCUT2D eigenvalue weighted by atomic mass is 35.5. The highest BCUT2D eigenvalue weighted by Gasteiger charge is 2.12. The van der Waals surface area contributed by atoms with Crippen molar-refractivity contribution < 1.29 is 14.4 Å². The quantitative estimate of drug-likeness (QED) is 0.465. The lowest BCUT2D eigenvalue weighted by atomic mass is 10.2. The van der Waals surface area contributed by atoms with Gasteiger partial charge < -0.3 is 9.47 Å². The van der Waals surface area contributed by atoms with Crippen LogP contribution in [0, 0.1) is 10.1 Å². The second-order valence-electron chi connectivity index (χ2n) is 4.16. The second-order valence-corrected chi connectivity index (χ2v) is 4.43. The summed E-state index contributed by atoms with van der Waals surface area (Å²) >= 11 is 5.66. The first kappa shape index (κ1) is 15.1. The number of non-ortho nitro benzene ring substituents is 1. The molecule has 0 saturated heterocycles. The van der Waals surface area contributed by atoms with Crippen molar-refractivity contribution in [3.8, 4) is 11.5 Å². The Morgan fingerprint density at radius 3 is 2.71 bits per heavy atom. The first-order valence-corrected chi connectivity index (χ1v) is 6.62. The monoisotopic (exact) mass is 308 g/mol. The molecule has 1 heterocycles. The molecule has 1 aromatic heterocycles. The SMILES string of the molecule is COc1ccc([N+](=O)[O-])cc1COc1ccc(CCl)nc1. The summed E-state index contributed by atoms with van der Waals surface area (Å²) in [6.45, 7) is 0.146. The molecule has 110 valence electrons. The van der Waals surface area contributed by atoms with Crippen LogP contribution in [0.15, 0.2) is 36.5 Å². The predicted octanol–water partition coefficient (Wildman–Crippen LogP) is 3.32. The van der Waals surface area contributed by atoms with Crippen molar-refractivity contribution in [3.63, 3.8) is 0 Å². The Kier molecular flexibility index (Phi) is 4.94. The minimum absolute atomic E-state index is 0.00925. The molecule has 0 aliphatic carbocycles. The molecule has 0 bridgehead atoms. The summed E-state index contributed by atoms with van der Waals surface area (Å²) in [5.74, 6) is 1.42. The van der Waals surface area contributed by atoms with Crippen molar-refractivity contribution in [1.29, 1.82) is 0 Å². The smallest absolute Gasteiger partial charge is 0.270 e. The molecule has 0 aliphatic rings. The largest absolute Gasteiger partial charge is 0.496 e. The Bertz CT molecular complexity index is 631. The Hall–Kier alpha value is -2.34. The van der Waals surface area contributed by atoms with Gasteiger partial charge in [0.05, 0.1) is 29.8 Å². The number of nitrogens with zero attached hydrogens (tertiary/aromatic N) is 2. The molecule has 0 N–H and O–H groups in total. The van der Waals surface area contributed by atoms with E-state index in [2.05, 4.69) is 4.98 Å².